The molecule has 1 amide bonds. The third-order valence-electron chi connectivity index (χ3n) is 3.69. The molecule has 0 spiro atoms. The summed E-state index contributed by atoms with van der Waals surface area (Å²) in [7, 11) is 0. The van der Waals surface area contributed by atoms with Gasteiger partial charge in [0, 0.05) is 11.5 Å². The van der Waals surface area contributed by atoms with E-state index in [9.17, 15) is 9.59 Å². The number of fused-ring (bicyclic) bond motifs is 1. The van der Waals surface area contributed by atoms with Crippen molar-refractivity contribution in [1.82, 2.24) is 14.8 Å². The smallest absolute Gasteiger partial charge is 0.252 e. The predicted octanol–water partition coefficient (Wildman–Crippen LogP) is 2.67. The van der Waals surface area contributed by atoms with Crippen LogP contribution in [0.5, 0.6) is 0 Å². The number of anilines is 1. The summed E-state index contributed by atoms with van der Waals surface area (Å²) in [6.45, 7) is 5.41. The normalized spacial score (nSPS) is 12.3. The van der Waals surface area contributed by atoms with E-state index in [1.165, 1.54) is 15.9 Å². The molecule has 6 nitrogen and oxygen atoms in total. The van der Waals surface area contributed by atoms with Crippen LogP contribution < -0.4 is 10.9 Å². The van der Waals surface area contributed by atoms with E-state index >= 15 is 0 Å². The molecule has 0 radical (unpaired) electrons. The summed E-state index contributed by atoms with van der Waals surface area (Å²) in [5, 5.41) is 12.6. The first-order chi connectivity index (χ1) is 11.0. The average molecular weight is 328 g/mol. The van der Waals surface area contributed by atoms with Crippen molar-refractivity contribution in [2.75, 3.05) is 5.32 Å². The predicted molar refractivity (Wildman–Crippen MR) is 90.9 cm³/mol. The molecule has 2 aromatic heterocycles. The Morgan fingerprint density at radius 1 is 1.26 bits per heavy atom. The van der Waals surface area contributed by atoms with Crippen LogP contribution in [0, 0.1) is 13.8 Å². The molecule has 0 aliphatic carbocycles. The number of pyridine rings is 1. The van der Waals surface area contributed by atoms with Crippen molar-refractivity contribution in [2.45, 2.75) is 26.8 Å². The van der Waals surface area contributed by atoms with E-state index in [-0.39, 0.29) is 11.5 Å². The molecule has 0 bridgehead atoms. The third-order valence-corrected chi connectivity index (χ3v) is 4.44. The van der Waals surface area contributed by atoms with Gasteiger partial charge in [-0.3, -0.25) is 19.5 Å². The maximum absolute atomic E-state index is 12.5. The van der Waals surface area contributed by atoms with Gasteiger partial charge in [-0.25, -0.2) is 0 Å². The summed E-state index contributed by atoms with van der Waals surface area (Å²) in [6.07, 6.45) is 0. The van der Waals surface area contributed by atoms with Gasteiger partial charge in [-0.15, -0.1) is 10.2 Å². The van der Waals surface area contributed by atoms with Gasteiger partial charge >= 0.3 is 0 Å². The maximum Gasteiger partial charge on any atom is 0.252 e. The van der Waals surface area contributed by atoms with Crippen molar-refractivity contribution in [3.8, 4) is 0 Å². The minimum Gasteiger partial charge on any atom is -0.299 e. The molecule has 7 heteroatoms. The van der Waals surface area contributed by atoms with Crippen LogP contribution >= 0.6 is 11.3 Å². The Morgan fingerprint density at radius 2 is 2.00 bits per heavy atom. The van der Waals surface area contributed by atoms with Gasteiger partial charge in [-0.05, 0) is 32.4 Å². The lowest BCUT2D eigenvalue weighted by molar-refractivity contribution is -0.118. The van der Waals surface area contributed by atoms with E-state index in [1.54, 1.807) is 13.0 Å². The second-order valence-corrected chi connectivity index (χ2v) is 6.53. The van der Waals surface area contributed by atoms with Gasteiger partial charge in [0.2, 0.25) is 11.0 Å². The van der Waals surface area contributed by atoms with Gasteiger partial charge < -0.3 is 0 Å². The van der Waals surface area contributed by atoms with Crippen LogP contribution in [0.25, 0.3) is 10.9 Å². The highest BCUT2D eigenvalue weighted by atomic mass is 32.1. The molecule has 3 aromatic rings. The molecular formula is C16H16N4O2S. The molecule has 0 saturated carbocycles. The average Bonchev–Trinajstić information content (AvgIpc) is 2.92. The van der Waals surface area contributed by atoms with Gasteiger partial charge in [0.05, 0.1) is 5.52 Å². The first-order valence-electron chi connectivity index (χ1n) is 7.19. The van der Waals surface area contributed by atoms with Crippen LogP contribution in [0.2, 0.25) is 0 Å². The summed E-state index contributed by atoms with van der Waals surface area (Å²) in [5.74, 6) is -0.294. The number of aromatic nitrogens is 3. The molecule has 1 aromatic carbocycles. The Bertz CT molecular complexity index is 945. The van der Waals surface area contributed by atoms with Gasteiger partial charge in [-0.2, -0.15) is 0 Å². The van der Waals surface area contributed by atoms with Crippen molar-refractivity contribution in [2.24, 2.45) is 0 Å². The summed E-state index contributed by atoms with van der Waals surface area (Å²) < 4.78 is 1.51. The number of amides is 1. The minimum atomic E-state index is -0.655. The van der Waals surface area contributed by atoms with Crippen LogP contribution in [0.3, 0.4) is 0 Å². The van der Waals surface area contributed by atoms with E-state index < -0.39 is 6.04 Å². The third kappa shape index (κ3) is 2.87. The van der Waals surface area contributed by atoms with Gasteiger partial charge in [0.1, 0.15) is 11.0 Å². The maximum atomic E-state index is 12.5. The fourth-order valence-corrected chi connectivity index (χ4v) is 3.14. The molecule has 3 rings (SSSR count). The van der Waals surface area contributed by atoms with Crippen molar-refractivity contribution in [3.05, 3.63) is 51.3 Å². The zero-order valence-electron chi connectivity index (χ0n) is 13.0. The second-order valence-electron chi connectivity index (χ2n) is 5.34. The first-order valence-corrected chi connectivity index (χ1v) is 8.01. The van der Waals surface area contributed by atoms with Crippen LogP contribution in [-0.4, -0.2) is 20.7 Å². The zero-order valence-corrected chi connectivity index (χ0v) is 13.8. The summed E-state index contributed by atoms with van der Waals surface area (Å²) in [6, 6.07) is 8.47. The van der Waals surface area contributed by atoms with E-state index in [1.807, 2.05) is 38.1 Å². The van der Waals surface area contributed by atoms with Crippen LogP contribution in [0.1, 0.15) is 23.5 Å². The second kappa shape index (κ2) is 5.92. The largest absolute Gasteiger partial charge is 0.299 e. The van der Waals surface area contributed by atoms with Crippen molar-refractivity contribution >= 4 is 33.3 Å². The Kier molecular flexibility index (Phi) is 3.96. The van der Waals surface area contributed by atoms with Gasteiger partial charge in [0.15, 0.2) is 0 Å². The van der Waals surface area contributed by atoms with Crippen LogP contribution in [-0.2, 0) is 4.79 Å². The zero-order chi connectivity index (χ0) is 16.6. The molecule has 1 N–H and O–H groups in total. The summed E-state index contributed by atoms with van der Waals surface area (Å²) in [4.78, 5) is 24.9. The van der Waals surface area contributed by atoms with Crippen molar-refractivity contribution in [1.29, 1.82) is 0 Å². The highest BCUT2D eigenvalue weighted by molar-refractivity contribution is 7.15. The van der Waals surface area contributed by atoms with Crippen LogP contribution in [0.4, 0.5) is 5.13 Å². The molecular weight excluding hydrogens is 312 g/mol. The molecule has 1 atom stereocenters. The van der Waals surface area contributed by atoms with E-state index in [0.29, 0.717) is 5.13 Å². The Balaban J connectivity index is 2.02. The number of aryl methyl sites for hydroxylation is 2. The number of hydrogen-bond acceptors (Lipinski definition) is 5. The number of carbonyl (C=O) groups is 1. The first kappa shape index (κ1) is 15.4. The van der Waals surface area contributed by atoms with Crippen LogP contribution in [0.15, 0.2) is 35.1 Å². The lowest BCUT2D eigenvalue weighted by Gasteiger charge is -2.17. The van der Waals surface area contributed by atoms with E-state index in [2.05, 4.69) is 15.5 Å². The quantitative estimate of drug-likeness (QED) is 0.802. The Labute approximate surface area is 136 Å². The van der Waals surface area contributed by atoms with Gasteiger partial charge in [-0.1, -0.05) is 29.5 Å². The number of rotatable bonds is 3. The van der Waals surface area contributed by atoms with Crippen molar-refractivity contribution in [3.63, 3.8) is 0 Å². The number of para-hydroxylation sites is 1. The molecule has 118 valence electrons. The van der Waals surface area contributed by atoms with E-state index in [0.717, 1.165) is 21.5 Å². The minimum absolute atomic E-state index is 0.197. The number of nitrogens with one attached hydrogen (secondary N) is 1. The fraction of sp³-hybridized carbons (Fsp3) is 0.250. The Hall–Kier alpha value is -2.54. The molecule has 2 heterocycles. The summed E-state index contributed by atoms with van der Waals surface area (Å²) in [5.41, 5.74) is 1.44. The lowest BCUT2D eigenvalue weighted by atomic mass is 10.1. The number of nitrogens with zero attached hydrogens (tertiary/aromatic N) is 3. The monoisotopic (exact) mass is 328 g/mol. The number of carbonyl (C=O) groups excluding carboxylic acids is 1. The standard InChI is InChI=1S/C16H16N4O2S/c1-9-8-14(21)20(13-7-5-4-6-12(9)13)10(2)15(22)17-16-19-18-11(3)23-16/h4-8,10H,1-3H3,(H,17,19,22). The Morgan fingerprint density at radius 3 is 2.70 bits per heavy atom. The summed E-state index contributed by atoms with van der Waals surface area (Å²) >= 11 is 1.30. The SMILES string of the molecule is Cc1nnc(NC(=O)C(C)n2c(=O)cc(C)c3ccccc32)s1. The van der Waals surface area contributed by atoms with Gasteiger partial charge in [0.25, 0.3) is 5.56 Å². The molecule has 0 aliphatic rings. The molecule has 1 unspecified atom stereocenters. The highest BCUT2D eigenvalue weighted by Gasteiger charge is 2.20. The fourth-order valence-electron chi connectivity index (χ4n) is 2.54. The topological polar surface area (TPSA) is 76.9 Å². The lowest BCUT2D eigenvalue weighted by Crippen LogP contribution is -2.31. The molecule has 0 fully saturated rings. The highest BCUT2D eigenvalue weighted by Crippen LogP contribution is 2.21. The van der Waals surface area contributed by atoms with Crippen molar-refractivity contribution < 1.29 is 4.79 Å². The van der Waals surface area contributed by atoms with E-state index in [4.69, 9.17) is 0 Å². The molecule has 0 saturated heterocycles. The molecule has 23 heavy (non-hydrogen) atoms. The number of benzene rings is 1. The molecule has 0 aliphatic heterocycles. The number of hydrogen-bond donors (Lipinski definition) is 1.